The van der Waals surface area contributed by atoms with Crippen molar-refractivity contribution in [3.05, 3.63) is 66.4 Å². The molecule has 1 saturated heterocycles. The van der Waals surface area contributed by atoms with Crippen LogP contribution in [0.25, 0.3) is 0 Å². The normalized spacial score (nSPS) is 23.9. The van der Waals surface area contributed by atoms with Crippen LogP contribution in [0.2, 0.25) is 0 Å². The fourth-order valence-electron chi connectivity index (χ4n) is 4.21. The molecular weight excluding hydrogens is 385 g/mol. The van der Waals surface area contributed by atoms with Gasteiger partial charge < -0.3 is 4.90 Å². The van der Waals surface area contributed by atoms with Crippen molar-refractivity contribution in [1.82, 2.24) is 25.1 Å². The molecule has 0 aliphatic carbocycles. The Bertz CT molecular complexity index is 1030. The second-order valence-electron chi connectivity index (χ2n) is 7.88. The highest BCUT2D eigenvalue weighted by molar-refractivity contribution is 6.02. The van der Waals surface area contributed by atoms with Gasteiger partial charge in [-0.1, -0.05) is 13.0 Å². The molecule has 3 aliphatic heterocycles. The molecule has 154 valence electrons. The monoisotopic (exact) mass is 407 g/mol. The first-order valence-corrected chi connectivity index (χ1v) is 9.96. The van der Waals surface area contributed by atoms with Crippen molar-refractivity contribution < 1.29 is 9.18 Å². The van der Waals surface area contributed by atoms with E-state index in [0.717, 1.165) is 18.9 Å². The maximum absolute atomic E-state index is 13.6. The van der Waals surface area contributed by atoms with Crippen LogP contribution >= 0.6 is 0 Å². The van der Waals surface area contributed by atoms with Crippen LogP contribution in [0.4, 0.5) is 14.9 Å². The molecule has 2 atom stereocenters. The van der Waals surface area contributed by atoms with E-state index in [2.05, 4.69) is 27.1 Å². The highest BCUT2D eigenvalue weighted by atomic mass is 19.1. The fourth-order valence-corrected chi connectivity index (χ4v) is 4.21. The second-order valence-corrected chi connectivity index (χ2v) is 7.88. The molecule has 0 bridgehead atoms. The van der Waals surface area contributed by atoms with Gasteiger partial charge in [0.25, 0.3) is 0 Å². The number of benzene rings is 1. The summed E-state index contributed by atoms with van der Waals surface area (Å²) in [5, 5.41) is 2.97. The van der Waals surface area contributed by atoms with Crippen molar-refractivity contribution in [2.24, 2.45) is 16.8 Å². The van der Waals surface area contributed by atoms with Crippen LogP contribution in [0.1, 0.15) is 12.7 Å². The molecule has 4 heterocycles. The molecule has 1 N–H and O–H groups in total. The van der Waals surface area contributed by atoms with Crippen molar-refractivity contribution in [3.63, 3.8) is 0 Å². The van der Waals surface area contributed by atoms with Gasteiger partial charge in [-0.25, -0.2) is 24.1 Å². The molecule has 8 nitrogen and oxygen atoms in total. The minimum atomic E-state index is -0.313. The number of halogens is 1. The number of hydrogen-bond donors (Lipinski definition) is 1. The number of rotatable bonds is 4. The zero-order chi connectivity index (χ0) is 20.7. The number of nitrogens with zero attached hydrogens (tertiary/aromatic N) is 6. The van der Waals surface area contributed by atoms with Gasteiger partial charge in [0.15, 0.2) is 5.82 Å². The van der Waals surface area contributed by atoms with E-state index in [0.29, 0.717) is 36.5 Å². The molecule has 1 fully saturated rings. The zero-order valence-corrected chi connectivity index (χ0v) is 16.6. The summed E-state index contributed by atoms with van der Waals surface area (Å²) in [5.41, 5.74) is 0.685. The van der Waals surface area contributed by atoms with Crippen molar-refractivity contribution in [1.29, 1.82) is 0 Å². The Balaban J connectivity index is 1.34. The average molecular weight is 407 g/mol. The molecule has 1 aromatic heterocycles. The average Bonchev–Trinajstić information content (AvgIpc) is 3.32. The van der Waals surface area contributed by atoms with Gasteiger partial charge in [0, 0.05) is 43.3 Å². The molecule has 2 unspecified atom stereocenters. The molecule has 5 rings (SSSR count). The number of aromatic nitrogens is 2. The number of likely N-dealkylation sites (tertiary alicyclic amines) is 1. The summed E-state index contributed by atoms with van der Waals surface area (Å²) in [5.74, 6) is 2.19. The summed E-state index contributed by atoms with van der Waals surface area (Å²) >= 11 is 0. The first kappa shape index (κ1) is 18.7. The number of fused-ring (bicyclic) bond motifs is 1. The van der Waals surface area contributed by atoms with Crippen LogP contribution < -0.4 is 10.2 Å². The van der Waals surface area contributed by atoms with Crippen LogP contribution in [-0.4, -0.2) is 51.4 Å². The summed E-state index contributed by atoms with van der Waals surface area (Å²) < 4.78 is 13.6. The van der Waals surface area contributed by atoms with Gasteiger partial charge in [-0.2, -0.15) is 0 Å². The van der Waals surface area contributed by atoms with Gasteiger partial charge in [0.2, 0.25) is 0 Å². The maximum atomic E-state index is 13.6. The predicted octanol–water partition coefficient (Wildman–Crippen LogP) is 2.38. The summed E-state index contributed by atoms with van der Waals surface area (Å²) in [6, 6.07) is 7.91. The van der Waals surface area contributed by atoms with E-state index in [1.807, 2.05) is 11.0 Å². The molecule has 0 radical (unpaired) electrons. The Kier molecular flexibility index (Phi) is 4.66. The third-order valence-electron chi connectivity index (χ3n) is 5.72. The molecule has 1 aromatic carbocycles. The van der Waals surface area contributed by atoms with Crippen LogP contribution in [0.3, 0.4) is 0 Å². The smallest absolute Gasteiger partial charge is 0.325 e. The van der Waals surface area contributed by atoms with E-state index in [4.69, 9.17) is 4.99 Å². The van der Waals surface area contributed by atoms with Crippen molar-refractivity contribution in [2.45, 2.75) is 13.5 Å². The molecule has 2 amide bonds. The van der Waals surface area contributed by atoms with Gasteiger partial charge in [-0.15, -0.1) is 0 Å². The summed E-state index contributed by atoms with van der Waals surface area (Å²) in [4.78, 5) is 31.7. The topological polar surface area (TPSA) is 77.0 Å². The zero-order valence-electron chi connectivity index (χ0n) is 16.6. The third-order valence-corrected chi connectivity index (χ3v) is 5.72. The number of amidine groups is 1. The first-order valence-electron chi connectivity index (χ1n) is 9.96. The van der Waals surface area contributed by atoms with E-state index in [-0.39, 0.29) is 17.8 Å². The van der Waals surface area contributed by atoms with E-state index >= 15 is 0 Å². The summed E-state index contributed by atoms with van der Waals surface area (Å²) in [6.45, 7) is 4.80. The van der Waals surface area contributed by atoms with Gasteiger partial charge >= 0.3 is 6.03 Å². The maximum Gasteiger partial charge on any atom is 0.329 e. The Morgan fingerprint density at radius 3 is 2.83 bits per heavy atom. The Hall–Kier alpha value is -3.33. The number of nitrogens with one attached hydrogen (secondary N) is 1. The van der Waals surface area contributed by atoms with E-state index in [9.17, 15) is 9.18 Å². The molecular formula is C21H22FN7O. The SMILES string of the molecule is CC1CN(Cc2ncccn2)CC1C1=NC2=CN(c3cccc(F)c3)CN2C(=O)N1. The molecule has 0 spiro atoms. The Morgan fingerprint density at radius 1 is 1.20 bits per heavy atom. The van der Waals surface area contributed by atoms with Crippen LogP contribution in [0.15, 0.2) is 59.7 Å². The van der Waals surface area contributed by atoms with Crippen molar-refractivity contribution >= 4 is 17.6 Å². The lowest BCUT2D eigenvalue weighted by molar-refractivity contribution is 0.216. The molecule has 3 aliphatic rings. The number of hydrogen-bond acceptors (Lipinski definition) is 6. The lowest BCUT2D eigenvalue weighted by Crippen LogP contribution is -2.49. The highest BCUT2D eigenvalue weighted by Crippen LogP contribution is 2.30. The van der Waals surface area contributed by atoms with E-state index < -0.39 is 0 Å². The Morgan fingerprint density at radius 2 is 2.03 bits per heavy atom. The summed E-state index contributed by atoms with van der Waals surface area (Å²) in [7, 11) is 0. The number of carbonyl (C=O) groups is 1. The number of anilines is 1. The van der Waals surface area contributed by atoms with Gasteiger partial charge in [0.1, 0.15) is 24.1 Å². The van der Waals surface area contributed by atoms with Gasteiger partial charge in [0.05, 0.1) is 6.54 Å². The molecule has 9 heteroatoms. The van der Waals surface area contributed by atoms with E-state index in [1.165, 1.54) is 12.1 Å². The standard InChI is InChI=1S/C21H22FN7O/c1-14-9-27(11-18-23-6-3-7-24-18)10-17(14)20-25-19-12-28(13-29(19)21(30)26-20)16-5-2-4-15(22)8-16/h2-8,12,14,17H,9-11,13H2,1H3,(H,25,26,30). The van der Waals surface area contributed by atoms with Gasteiger partial charge in [-0.05, 0) is 30.2 Å². The quantitative estimate of drug-likeness (QED) is 0.842. The number of carbonyl (C=O) groups excluding carboxylic acids is 1. The number of aliphatic imine (C=N–C) groups is 1. The van der Waals surface area contributed by atoms with Crippen LogP contribution in [-0.2, 0) is 6.54 Å². The third kappa shape index (κ3) is 3.52. The predicted molar refractivity (Wildman–Crippen MR) is 110 cm³/mol. The van der Waals surface area contributed by atoms with Crippen molar-refractivity contribution in [2.75, 3.05) is 24.7 Å². The first-order chi connectivity index (χ1) is 14.6. The fraction of sp³-hybridized carbons (Fsp3) is 0.333. The minimum absolute atomic E-state index is 0.115. The lowest BCUT2D eigenvalue weighted by atomic mass is 9.96. The highest BCUT2D eigenvalue weighted by Gasteiger charge is 2.39. The minimum Gasteiger partial charge on any atom is -0.325 e. The lowest BCUT2D eigenvalue weighted by Gasteiger charge is -2.28. The number of urea groups is 1. The Labute approximate surface area is 173 Å². The molecule has 30 heavy (non-hydrogen) atoms. The largest absolute Gasteiger partial charge is 0.329 e. The second kappa shape index (κ2) is 7.49. The van der Waals surface area contributed by atoms with Gasteiger partial charge in [-0.3, -0.25) is 15.1 Å². The molecule has 0 saturated carbocycles. The van der Waals surface area contributed by atoms with Crippen LogP contribution in [0, 0.1) is 17.7 Å². The van der Waals surface area contributed by atoms with Crippen LogP contribution in [0.5, 0.6) is 0 Å². The summed E-state index contributed by atoms with van der Waals surface area (Å²) in [6.07, 6.45) is 5.29. The van der Waals surface area contributed by atoms with Crippen molar-refractivity contribution in [3.8, 4) is 0 Å². The van der Waals surface area contributed by atoms with E-state index in [1.54, 1.807) is 35.6 Å². The number of amides is 2. The molecule has 2 aromatic rings.